The molecule has 2 unspecified atom stereocenters. The highest BCUT2D eigenvalue weighted by atomic mass is 79.9. The van der Waals surface area contributed by atoms with Crippen molar-refractivity contribution in [1.82, 2.24) is 0 Å². The molecule has 2 rings (SSSR count). The average Bonchev–Trinajstić information content (AvgIpc) is 2.49. The quantitative estimate of drug-likeness (QED) is 0.508. The molecule has 1 saturated carbocycles. The smallest absolute Gasteiger partial charge is 0.127 e. The SMILES string of the molecule is Fc1cccc(Cl)c1CC1CCCCCC1Br. The molecule has 0 aromatic heterocycles. The number of hydrogen-bond donors (Lipinski definition) is 0. The van der Waals surface area contributed by atoms with Gasteiger partial charge >= 0.3 is 0 Å². The van der Waals surface area contributed by atoms with E-state index in [-0.39, 0.29) is 5.82 Å². The number of hydrogen-bond acceptors (Lipinski definition) is 0. The lowest BCUT2D eigenvalue weighted by molar-refractivity contribution is 0.464. The van der Waals surface area contributed by atoms with Crippen molar-refractivity contribution in [2.75, 3.05) is 0 Å². The lowest BCUT2D eigenvalue weighted by Crippen LogP contribution is -2.16. The van der Waals surface area contributed by atoms with E-state index in [1.807, 2.05) is 0 Å². The second-order valence-corrected chi connectivity index (χ2v) is 6.40. The summed E-state index contributed by atoms with van der Waals surface area (Å²) in [5, 5.41) is 0.564. The fraction of sp³-hybridized carbons (Fsp3) is 0.571. The third-order valence-electron chi connectivity index (χ3n) is 3.59. The molecule has 0 aliphatic heterocycles. The van der Waals surface area contributed by atoms with E-state index < -0.39 is 0 Å². The molecule has 17 heavy (non-hydrogen) atoms. The van der Waals surface area contributed by atoms with Gasteiger partial charge in [-0.25, -0.2) is 4.39 Å². The van der Waals surface area contributed by atoms with Crippen molar-refractivity contribution >= 4 is 27.5 Å². The summed E-state index contributed by atoms with van der Waals surface area (Å²) in [5.74, 6) is 0.341. The normalized spacial score (nSPS) is 25.6. The molecule has 1 aromatic rings. The van der Waals surface area contributed by atoms with Gasteiger partial charge in [0, 0.05) is 15.4 Å². The van der Waals surface area contributed by atoms with Crippen LogP contribution in [0.5, 0.6) is 0 Å². The van der Waals surface area contributed by atoms with Crippen LogP contribution in [0.3, 0.4) is 0 Å². The van der Waals surface area contributed by atoms with Crippen LogP contribution in [0.4, 0.5) is 4.39 Å². The van der Waals surface area contributed by atoms with E-state index in [0.29, 0.717) is 21.3 Å². The molecule has 0 spiro atoms. The van der Waals surface area contributed by atoms with Gasteiger partial charge in [0.25, 0.3) is 0 Å². The van der Waals surface area contributed by atoms with Gasteiger partial charge in [0.2, 0.25) is 0 Å². The molecule has 0 radical (unpaired) electrons. The first-order valence-electron chi connectivity index (χ1n) is 6.25. The maximum Gasteiger partial charge on any atom is 0.127 e. The monoisotopic (exact) mass is 318 g/mol. The Morgan fingerprint density at radius 2 is 2.00 bits per heavy atom. The number of benzene rings is 1. The molecule has 0 heterocycles. The van der Waals surface area contributed by atoms with E-state index in [9.17, 15) is 4.39 Å². The first-order chi connectivity index (χ1) is 8.18. The number of alkyl halides is 1. The highest BCUT2D eigenvalue weighted by Crippen LogP contribution is 2.33. The third kappa shape index (κ3) is 3.45. The average molecular weight is 320 g/mol. The Hall–Kier alpha value is -0.0800. The maximum absolute atomic E-state index is 13.7. The highest BCUT2D eigenvalue weighted by molar-refractivity contribution is 9.09. The zero-order valence-corrected chi connectivity index (χ0v) is 12.1. The molecule has 1 aliphatic rings. The fourth-order valence-corrected chi connectivity index (χ4v) is 3.57. The Kier molecular flexibility index (Phi) is 4.87. The summed E-state index contributed by atoms with van der Waals surface area (Å²) in [7, 11) is 0. The lowest BCUT2D eigenvalue weighted by Gasteiger charge is -2.20. The van der Waals surface area contributed by atoms with Crippen LogP contribution >= 0.6 is 27.5 Å². The van der Waals surface area contributed by atoms with Crippen molar-refractivity contribution in [2.45, 2.75) is 43.4 Å². The molecular weight excluding hydrogens is 303 g/mol. The molecular formula is C14H17BrClF. The minimum atomic E-state index is -0.165. The Balaban J connectivity index is 2.13. The van der Waals surface area contributed by atoms with Crippen LogP contribution in [0.1, 0.15) is 37.7 Å². The lowest BCUT2D eigenvalue weighted by atomic mass is 9.92. The Bertz CT molecular complexity index is 360. The van der Waals surface area contributed by atoms with Crippen LogP contribution in [-0.2, 0) is 6.42 Å². The predicted molar refractivity (Wildman–Crippen MR) is 74.4 cm³/mol. The van der Waals surface area contributed by atoms with Crippen molar-refractivity contribution in [2.24, 2.45) is 5.92 Å². The molecule has 0 nitrogen and oxygen atoms in total. The van der Waals surface area contributed by atoms with E-state index in [2.05, 4.69) is 15.9 Å². The number of rotatable bonds is 2. The zero-order chi connectivity index (χ0) is 12.3. The van der Waals surface area contributed by atoms with Gasteiger partial charge in [-0.2, -0.15) is 0 Å². The third-order valence-corrected chi connectivity index (χ3v) is 5.15. The Morgan fingerprint density at radius 1 is 1.24 bits per heavy atom. The fourth-order valence-electron chi connectivity index (χ4n) is 2.56. The molecule has 0 N–H and O–H groups in total. The minimum Gasteiger partial charge on any atom is -0.207 e. The summed E-state index contributed by atoms with van der Waals surface area (Å²) in [4.78, 5) is 0.501. The van der Waals surface area contributed by atoms with Gasteiger partial charge in [-0.3, -0.25) is 0 Å². The van der Waals surface area contributed by atoms with Gasteiger partial charge in [-0.1, -0.05) is 52.9 Å². The molecule has 1 aliphatic carbocycles. The van der Waals surface area contributed by atoms with Gasteiger partial charge in [0.15, 0.2) is 0 Å². The summed E-state index contributed by atoms with van der Waals surface area (Å²) in [6, 6.07) is 4.95. The van der Waals surface area contributed by atoms with E-state index >= 15 is 0 Å². The molecule has 94 valence electrons. The van der Waals surface area contributed by atoms with Crippen molar-refractivity contribution in [1.29, 1.82) is 0 Å². The van der Waals surface area contributed by atoms with Crippen molar-refractivity contribution < 1.29 is 4.39 Å². The second-order valence-electron chi connectivity index (χ2n) is 4.82. The summed E-state index contributed by atoms with van der Waals surface area (Å²) in [6.45, 7) is 0. The molecule has 0 amide bonds. The standard InChI is InChI=1S/C14H17BrClF/c15-12-6-3-1-2-5-10(12)9-11-13(16)7-4-8-14(11)17/h4,7-8,10,12H,1-3,5-6,9H2. The van der Waals surface area contributed by atoms with Crippen molar-refractivity contribution in [3.05, 3.63) is 34.6 Å². The van der Waals surface area contributed by atoms with Gasteiger partial charge in [-0.05, 0) is 37.3 Å². The van der Waals surface area contributed by atoms with Gasteiger partial charge in [0.05, 0.1) is 0 Å². The van der Waals surface area contributed by atoms with Crippen LogP contribution in [0.2, 0.25) is 5.02 Å². The maximum atomic E-state index is 13.7. The van der Waals surface area contributed by atoms with Crippen LogP contribution in [-0.4, -0.2) is 4.83 Å². The largest absolute Gasteiger partial charge is 0.207 e. The Morgan fingerprint density at radius 3 is 2.76 bits per heavy atom. The van der Waals surface area contributed by atoms with Crippen LogP contribution in [0.25, 0.3) is 0 Å². The second kappa shape index (κ2) is 6.19. The topological polar surface area (TPSA) is 0 Å². The summed E-state index contributed by atoms with van der Waals surface area (Å²) in [6.07, 6.45) is 6.93. The van der Waals surface area contributed by atoms with Gasteiger partial charge < -0.3 is 0 Å². The summed E-state index contributed by atoms with van der Waals surface area (Å²) in [5.41, 5.74) is 0.686. The van der Waals surface area contributed by atoms with E-state index in [1.165, 1.54) is 38.2 Å². The van der Waals surface area contributed by atoms with E-state index in [0.717, 1.165) is 6.42 Å². The number of halogens is 3. The van der Waals surface area contributed by atoms with Gasteiger partial charge in [-0.15, -0.1) is 0 Å². The predicted octanol–water partition coefficient (Wildman–Crippen LogP) is 5.37. The molecule has 1 aromatic carbocycles. The van der Waals surface area contributed by atoms with Crippen LogP contribution in [0.15, 0.2) is 18.2 Å². The highest BCUT2D eigenvalue weighted by Gasteiger charge is 2.23. The zero-order valence-electron chi connectivity index (χ0n) is 9.76. The minimum absolute atomic E-state index is 0.165. The molecule has 0 saturated heterocycles. The van der Waals surface area contributed by atoms with E-state index in [1.54, 1.807) is 12.1 Å². The molecule has 2 atom stereocenters. The van der Waals surface area contributed by atoms with Gasteiger partial charge in [0.1, 0.15) is 5.82 Å². The van der Waals surface area contributed by atoms with E-state index in [4.69, 9.17) is 11.6 Å². The Labute approximate surface area is 116 Å². The van der Waals surface area contributed by atoms with Crippen molar-refractivity contribution in [3.8, 4) is 0 Å². The molecule has 0 bridgehead atoms. The summed E-state index contributed by atoms with van der Waals surface area (Å²) < 4.78 is 13.7. The van der Waals surface area contributed by atoms with Crippen molar-refractivity contribution in [3.63, 3.8) is 0 Å². The first-order valence-corrected chi connectivity index (χ1v) is 7.55. The molecule has 1 fully saturated rings. The molecule has 3 heteroatoms. The summed E-state index contributed by atoms with van der Waals surface area (Å²) >= 11 is 9.83. The van der Waals surface area contributed by atoms with Crippen LogP contribution in [0, 0.1) is 11.7 Å². The first kappa shape index (κ1) is 13.4. The van der Waals surface area contributed by atoms with Crippen LogP contribution < -0.4 is 0 Å².